The Hall–Kier alpha value is -2.98. The van der Waals surface area contributed by atoms with E-state index in [9.17, 15) is 9.59 Å². The zero-order valence-electron chi connectivity index (χ0n) is 19.2. The number of amides is 2. The van der Waals surface area contributed by atoms with Gasteiger partial charge in [0.1, 0.15) is 0 Å². The molecule has 1 aromatic heterocycles. The van der Waals surface area contributed by atoms with Gasteiger partial charge in [-0.2, -0.15) is 0 Å². The number of carbonyl (C=O) groups is 2. The minimum Gasteiger partial charge on any atom is -0.372 e. The summed E-state index contributed by atoms with van der Waals surface area (Å²) in [5.41, 5.74) is 2.01. The molecule has 1 aliphatic heterocycles. The molecule has 1 saturated heterocycles. The highest BCUT2D eigenvalue weighted by Crippen LogP contribution is 2.28. The summed E-state index contributed by atoms with van der Waals surface area (Å²) in [4.78, 5) is 39.6. The van der Waals surface area contributed by atoms with E-state index in [1.54, 1.807) is 24.5 Å². The third-order valence-corrected chi connectivity index (χ3v) is 5.82. The summed E-state index contributed by atoms with van der Waals surface area (Å²) in [7, 11) is 5.96. The molecule has 0 spiro atoms. The number of likely N-dealkylation sites (tertiary alicyclic amines) is 1. The largest absolute Gasteiger partial charge is 0.372 e. The highest BCUT2D eigenvalue weighted by Gasteiger charge is 2.28. The molecule has 3 rings (SSSR count). The maximum atomic E-state index is 13.3. The lowest BCUT2D eigenvalue weighted by molar-refractivity contribution is -0.111. The Morgan fingerprint density at radius 3 is 2.64 bits per heavy atom. The van der Waals surface area contributed by atoms with E-state index in [4.69, 9.17) is 0 Å². The molecule has 2 N–H and O–H groups in total. The van der Waals surface area contributed by atoms with E-state index < -0.39 is 0 Å². The molecule has 0 unspecified atom stereocenters. The molecule has 0 saturated carbocycles. The summed E-state index contributed by atoms with van der Waals surface area (Å²) >= 11 is 3.33. The van der Waals surface area contributed by atoms with Crippen LogP contribution in [0.5, 0.6) is 0 Å². The van der Waals surface area contributed by atoms with E-state index >= 15 is 0 Å². The Labute approximate surface area is 203 Å². The van der Waals surface area contributed by atoms with Crippen molar-refractivity contribution in [3.63, 3.8) is 0 Å². The molecule has 10 heteroatoms. The smallest absolute Gasteiger partial charge is 0.254 e. The number of anilines is 3. The Kier molecular flexibility index (Phi) is 8.40. The lowest BCUT2D eigenvalue weighted by atomic mass is 10.1. The van der Waals surface area contributed by atoms with Crippen molar-refractivity contribution in [1.82, 2.24) is 19.8 Å². The van der Waals surface area contributed by atoms with Gasteiger partial charge in [0.2, 0.25) is 11.9 Å². The van der Waals surface area contributed by atoms with E-state index in [0.717, 1.165) is 29.7 Å². The summed E-state index contributed by atoms with van der Waals surface area (Å²) in [6.07, 6.45) is 5.42. The molecule has 2 heterocycles. The van der Waals surface area contributed by atoms with Gasteiger partial charge in [-0.1, -0.05) is 6.58 Å². The first-order valence-electron chi connectivity index (χ1n) is 10.7. The number of halogens is 1. The topological polar surface area (TPSA) is 93.7 Å². The van der Waals surface area contributed by atoms with E-state index in [0.29, 0.717) is 30.3 Å². The fraction of sp³-hybridized carbons (Fsp3) is 0.391. The summed E-state index contributed by atoms with van der Waals surface area (Å²) in [6.45, 7) is 6.31. The summed E-state index contributed by atoms with van der Waals surface area (Å²) < 4.78 is 0.815. The first kappa shape index (κ1) is 24.7. The van der Waals surface area contributed by atoms with Crippen LogP contribution < -0.4 is 15.5 Å². The first-order chi connectivity index (χ1) is 15.8. The third-order valence-electron chi connectivity index (χ3n) is 5.41. The van der Waals surface area contributed by atoms with Gasteiger partial charge in [-0.3, -0.25) is 9.59 Å². The van der Waals surface area contributed by atoms with Crippen LogP contribution in [0.25, 0.3) is 0 Å². The van der Waals surface area contributed by atoms with E-state index in [-0.39, 0.29) is 17.9 Å². The summed E-state index contributed by atoms with van der Waals surface area (Å²) in [5, 5.41) is 6.13. The average Bonchev–Trinajstić information content (AvgIpc) is 3.27. The Balaban J connectivity index is 1.73. The van der Waals surface area contributed by atoms with Crippen LogP contribution in [0.1, 0.15) is 16.8 Å². The average molecular weight is 516 g/mol. The van der Waals surface area contributed by atoms with Crippen molar-refractivity contribution in [1.29, 1.82) is 0 Å². The lowest BCUT2D eigenvalue weighted by Gasteiger charge is -2.25. The molecule has 0 radical (unpaired) electrons. The number of rotatable bonds is 9. The molecule has 2 aromatic rings. The van der Waals surface area contributed by atoms with Crippen LogP contribution in [0.3, 0.4) is 0 Å². The van der Waals surface area contributed by atoms with Crippen molar-refractivity contribution in [2.75, 3.05) is 62.9 Å². The lowest BCUT2D eigenvalue weighted by Crippen LogP contribution is -2.32. The van der Waals surface area contributed by atoms with Crippen molar-refractivity contribution < 1.29 is 9.59 Å². The molecule has 1 aromatic carbocycles. The number of nitrogens with zero attached hydrogens (tertiary/aromatic N) is 5. The van der Waals surface area contributed by atoms with Gasteiger partial charge < -0.3 is 25.3 Å². The second kappa shape index (κ2) is 11.2. The van der Waals surface area contributed by atoms with E-state index in [1.165, 1.54) is 6.08 Å². The van der Waals surface area contributed by atoms with Crippen molar-refractivity contribution in [2.45, 2.75) is 12.5 Å². The highest BCUT2D eigenvalue weighted by atomic mass is 79.9. The molecule has 1 fully saturated rings. The molecular weight excluding hydrogens is 486 g/mol. The van der Waals surface area contributed by atoms with Gasteiger partial charge in [-0.25, -0.2) is 9.97 Å². The molecule has 1 atom stereocenters. The minimum atomic E-state index is -0.292. The maximum absolute atomic E-state index is 13.3. The Morgan fingerprint density at radius 2 is 1.97 bits per heavy atom. The van der Waals surface area contributed by atoms with Gasteiger partial charge in [0.15, 0.2) is 0 Å². The SMILES string of the molecule is C=CC(=O)Nc1ccc(C(=O)N2CC[C@@H](Nc3ncc(Br)cn3)C2)cc1N(C)CCN(C)C. The summed E-state index contributed by atoms with van der Waals surface area (Å²) in [6, 6.07) is 5.46. The third kappa shape index (κ3) is 6.75. The fourth-order valence-electron chi connectivity index (χ4n) is 3.55. The van der Waals surface area contributed by atoms with Crippen LogP contribution in [0.15, 0.2) is 47.7 Å². The van der Waals surface area contributed by atoms with Gasteiger partial charge in [-0.15, -0.1) is 0 Å². The second-order valence-corrected chi connectivity index (χ2v) is 9.17. The van der Waals surface area contributed by atoms with Crippen molar-refractivity contribution in [3.8, 4) is 0 Å². The standard InChI is InChI=1S/C23H30BrN7O2/c1-5-21(32)28-19-7-6-16(12-20(19)30(4)11-10-29(2)3)22(33)31-9-8-18(15-31)27-23-25-13-17(24)14-26-23/h5-7,12-14,18H,1,8-11,15H2,2-4H3,(H,28,32)(H,25,26,27)/t18-/m1/s1. The van der Waals surface area contributed by atoms with Crippen LogP contribution in [-0.4, -0.2) is 84.9 Å². The van der Waals surface area contributed by atoms with Gasteiger partial charge in [0.25, 0.3) is 5.91 Å². The maximum Gasteiger partial charge on any atom is 0.254 e. The van der Waals surface area contributed by atoms with Crippen LogP contribution >= 0.6 is 15.9 Å². The molecule has 1 aliphatic rings. The summed E-state index contributed by atoms with van der Waals surface area (Å²) in [5.74, 6) is 0.212. The highest BCUT2D eigenvalue weighted by molar-refractivity contribution is 9.10. The number of hydrogen-bond acceptors (Lipinski definition) is 7. The minimum absolute atomic E-state index is 0.0418. The molecule has 2 amide bonds. The van der Waals surface area contributed by atoms with Gasteiger partial charge in [0.05, 0.1) is 15.8 Å². The quantitative estimate of drug-likeness (QED) is 0.495. The van der Waals surface area contributed by atoms with Crippen molar-refractivity contribution in [2.24, 2.45) is 0 Å². The zero-order chi connectivity index (χ0) is 24.0. The predicted molar refractivity (Wildman–Crippen MR) is 135 cm³/mol. The Morgan fingerprint density at radius 1 is 1.24 bits per heavy atom. The normalized spacial score (nSPS) is 15.4. The van der Waals surface area contributed by atoms with Crippen LogP contribution in [0.4, 0.5) is 17.3 Å². The van der Waals surface area contributed by atoms with Crippen LogP contribution in [0.2, 0.25) is 0 Å². The number of likely N-dealkylation sites (N-methyl/N-ethyl adjacent to an activating group) is 2. The number of carbonyl (C=O) groups excluding carboxylic acids is 2. The molecule has 0 aliphatic carbocycles. The number of benzene rings is 1. The molecule has 9 nitrogen and oxygen atoms in total. The number of nitrogens with one attached hydrogen (secondary N) is 2. The van der Waals surface area contributed by atoms with Crippen molar-refractivity contribution >= 4 is 45.1 Å². The number of hydrogen-bond donors (Lipinski definition) is 2. The van der Waals surface area contributed by atoms with Gasteiger partial charge in [0, 0.05) is 57.2 Å². The monoisotopic (exact) mass is 515 g/mol. The number of aromatic nitrogens is 2. The van der Waals surface area contributed by atoms with E-state index in [1.807, 2.05) is 37.0 Å². The second-order valence-electron chi connectivity index (χ2n) is 8.26. The Bertz CT molecular complexity index is 997. The van der Waals surface area contributed by atoms with Crippen LogP contribution in [-0.2, 0) is 4.79 Å². The molecule has 33 heavy (non-hydrogen) atoms. The van der Waals surface area contributed by atoms with Crippen molar-refractivity contribution in [3.05, 3.63) is 53.3 Å². The van der Waals surface area contributed by atoms with Gasteiger partial charge in [-0.05, 0) is 60.7 Å². The molecular formula is C23H30BrN7O2. The molecule has 0 bridgehead atoms. The molecule has 176 valence electrons. The zero-order valence-corrected chi connectivity index (χ0v) is 20.8. The van der Waals surface area contributed by atoms with Crippen LogP contribution in [0, 0.1) is 0 Å². The predicted octanol–water partition coefficient (Wildman–Crippen LogP) is 2.69. The fourth-order valence-corrected chi connectivity index (χ4v) is 3.76. The first-order valence-corrected chi connectivity index (χ1v) is 11.5. The van der Waals surface area contributed by atoms with Gasteiger partial charge >= 0.3 is 0 Å². The van der Waals surface area contributed by atoms with E-state index in [2.05, 4.69) is 48.0 Å².